The van der Waals surface area contributed by atoms with Crippen LogP contribution in [0.2, 0.25) is 0 Å². The van der Waals surface area contributed by atoms with Crippen molar-refractivity contribution < 1.29 is 12.8 Å². The molecule has 122 valence electrons. The maximum absolute atomic E-state index is 12.3. The van der Waals surface area contributed by atoms with E-state index in [-0.39, 0.29) is 16.7 Å². The Balaban J connectivity index is 2.74. The third kappa shape index (κ3) is 6.42. The van der Waals surface area contributed by atoms with E-state index in [1.165, 1.54) is 6.07 Å². The largest absolute Gasteiger partial charge is 0.447 e. The molecule has 0 bridgehead atoms. The summed E-state index contributed by atoms with van der Waals surface area (Å²) in [5.74, 6) is 1.36. The van der Waals surface area contributed by atoms with Crippen molar-refractivity contribution >= 4 is 21.8 Å². The highest BCUT2D eigenvalue weighted by Crippen LogP contribution is 2.16. The smallest absolute Gasteiger partial charge is 0.274 e. The quantitative estimate of drug-likeness (QED) is 0.764. The summed E-state index contributed by atoms with van der Waals surface area (Å²) in [5, 5.41) is 3.24. The maximum Gasteiger partial charge on any atom is 0.274 e. The molecule has 0 aliphatic rings. The van der Waals surface area contributed by atoms with Gasteiger partial charge in [0.05, 0.1) is 6.54 Å². The number of thioether (sulfide) groups is 1. The lowest BCUT2D eigenvalue weighted by atomic mass is 10.1. The van der Waals surface area contributed by atoms with Gasteiger partial charge in [-0.1, -0.05) is 6.92 Å². The number of sulfonamides is 1. The molecule has 7 heteroatoms. The molecule has 0 radical (unpaired) electrons. The molecule has 1 heterocycles. The molecule has 0 aliphatic heterocycles. The molecular formula is C14H26N2O3S2. The highest BCUT2D eigenvalue weighted by atomic mass is 32.2. The molecule has 1 aromatic rings. The van der Waals surface area contributed by atoms with Crippen molar-refractivity contribution in [3.8, 4) is 0 Å². The van der Waals surface area contributed by atoms with Gasteiger partial charge in [0.2, 0.25) is 5.09 Å². The third-order valence-electron chi connectivity index (χ3n) is 2.88. The van der Waals surface area contributed by atoms with E-state index in [2.05, 4.69) is 10.0 Å². The lowest BCUT2D eigenvalue weighted by molar-refractivity contribution is 0.358. The molecule has 0 saturated heterocycles. The fourth-order valence-corrected chi connectivity index (χ4v) is 3.76. The standard InChI is InChI=1S/C14H26N2O3S2/c1-6-11(10-20-5)16-21(17,18)13-8-7-12(19-13)9-15-14(2,3)4/h7-8,11,15-16H,6,9-10H2,1-5H3. The fourth-order valence-electron chi connectivity index (χ4n) is 1.66. The van der Waals surface area contributed by atoms with E-state index >= 15 is 0 Å². The van der Waals surface area contributed by atoms with Gasteiger partial charge in [-0.2, -0.15) is 11.8 Å². The average Bonchev–Trinajstić information content (AvgIpc) is 2.84. The lowest BCUT2D eigenvalue weighted by Gasteiger charge is -2.19. The molecule has 1 unspecified atom stereocenters. The van der Waals surface area contributed by atoms with Gasteiger partial charge in [0, 0.05) is 17.3 Å². The first kappa shape index (κ1) is 18.5. The third-order valence-corrected chi connectivity index (χ3v) is 5.01. The van der Waals surface area contributed by atoms with Gasteiger partial charge in [0.1, 0.15) is 5.76 Å². The average molecular weight is 335 g/mol. The first-order valence-electron chi connectivity index (χ1n) is 7.03. The molecule has 0 amide bonds. The predicted molar refractivity (Wildman–Crippen MR) is 88.1 cm³/mol. The summed E-state index contributed by atoms with van der Waals surface area (Å²) < 4.78 is 32.6. The SMILES string of the molecule is CCC(CSC)NS(=O)(=O)c1ccc(CNC(C)(C)C)o1. The summed E-state index contributed by atoms with van der Waals surface area (Å²) in [6.45, 7) is 8.60. The van der Waals surface area contributed by atoms with Crippen LogP contribution in [0, 0.1) is 0 Å². The Morgan fingerprint density at radius 2 is 2.00 bits per heavy atom. The minimum atomic E-state index is -3.58. The number of hydrogen-bond donors (Lipinski definition) is 2. The molecule has 0 saturated carbocycles. The molecule has 0 fully saturated rings. The summed E-state index contributed by atoms with van der Waals surface area (Å²) in [6.07, 6.45) is 2.71. The monoisotopic (exact) mass is 334 g/mol. The van der Waals surface area contributed by atoms with Gasteiger partial charge in [-0.15, -0.1) is 0 Å². The fraction of sp³-hybridized carbons (Fsp3) is 0.714. The van der Waals surface area contributed by atoms with Crippen LogP contribution in [0.3, 0.4) is 0 Å². The van der Waals surface area contributed by atoms with E-state index in [1.807, 2.05) is 34.0 Å². The van der Waals surface area contributed by atoms with E-state index in [0.717, 1.165) is 12.2 Å². The Kier molecular flexibility index (Phi) is 6.77. The second-order valence-electron chi connectivity index (χ2n) is 6.01. The van der Waals surface area contributed by atoms with Crippen molar-refractivity contribution in [1.29, 1.82) is 0 Å². The maximum atomic E-state index is 12.3. The van der Waals surface area contributed by atoms with Gasteiger partial charge in [-0.3, -0.25) is 0 Å². The molecular weight excluding hydrogens is 308 g/mol. The van der Waals surface area contributed by atoms with Crippen molar-refractivity contribution in [2.45, 2.75) is 57.3 Å². The molecule has 5 nitrogen and oxygen atoms in total. The minimum absolute atomic E-state index is 0.0206. The Morgan fingerprint density at radius 3 is 2.52 bits per heavy atom. The van der Waals surface area contributed by atoms with Crippen LogP contribution in [0.1, 0.15) is 39.9 Å². The number of nitrogens with one attached hydrogen (secondary N) is 2. The second-order valence-corrected chi connectivity index (χ2v) is 8.56. The number of furan rings is 1. The molecule has 21 heavy (non-hydrogen) atoms. The zero-order valence-electron chi connectivity index (χ0n) is 13.4. The summed E-state index contributed by atoms with van der Waals surface area (Å²) >= 11 is 1.62. The van der Waals surface area contributed by atoms with Crippen LogP contribution < -0.4 is 10.0 Å². The highest BCUT2D eigenvalue weighted by molar-refractivity contribution is 7.98. The van der Waals surface area contributed by atoms with Gasteiger partial charge in [0.15, 0.2) is 0 Å². The zero-order valence-corrected chi connectivity index (χ0v) is 15.0. The summed E-state index contributed by atoms with van der Waals surface area (Å²) in [6, 6.07) is 3.13. The summed E-state index contributed by atoms with van der Waals surface area (Å²) in [5.41, 5.74) is -0.0459. The van der Waals surface area contributed by atoms with E-state index < -0.39 is 10.0 Å². The van der Waals surface area contributed by atoms with Crippen LogP contribution >= 0.6 is 11.8 Å². The van der Waals surface area contributed by atoms with E-state index in [9.17, 15) is 8.42 Å². The Bertz CT molecular complexity index is 533. The van der Waals surface area contributed by atoms with E-state index in [1.54, 1.807) is 17.8 Å². The van der Waals surface area contributed by atoms with Gasteiger partial charge >= 0.3 is 0 Å². The zero-order chi connectivity index (χ0) is 16.1. The lowest BCUT2D eigenvalue weighted by Crippen LogP contribution is -2.36. The van der Waals surface area contributed by atoms with Crippen LogP contribution in [0.25, 0.3) is 0 Å². The summed E-state index contributed by atoms with van der Waals surface area (Å²) in [4.78, 5) is 0. The van der Waals surface area contributed by atoms with Crippen molar-refractivity contribution in [2.75, 3.05) is 12.0 Å². The molecule has 0 aromatic carbocycles. The molecule has 1 atom stereocenters. The molecule has 0 aliphatic carbocycles. The van der Waals surface area contributed by atoms with Crippen LogP contribution in [0.15, 0.2) is 21.6 Å². The van der Waals surface area contributed by atoms with Crippen molar-refractivity contribution in [3.05, 3.63) is 17.9 Å². The first-order valence-corrected chi connectivity index (χ1v) is 9.90. The minimum Gasteiger partial charge on any atom is -0.447 e. The highest BCUT2D eigenvalue weighted by Gasteiger charge is 2.22. The van der Waals surface area contributed by atoms with E-state index in [4.69, 9.17) is 4.42 Å². The second kappa shape index (κ2) is 7.67. The number of hydrogen-bond acceptors (Lipinski definition) is 5. The van der Waals surface area contributed by atoms with Gasteiger partial charge in [0.25, 0.3) is 10.0 Å². The van der Waals surface area contributed by atoms with Crippen molar-refractivity contribution in [3.63, 3.8) is 0 Å². The number of rotatable bonds is 8. The Morgan fingerprint density at radius 1 is 1.33 bits per heavy atom. The van der Waals surface area contributed by atoms with Crippen LogP contribution in [0.5, 0.6) is 0 Å². The normalized spacial score (nSPS) is 14.3. The molecule has 0 spiro atoms. The predicted octanol–water partition coefficient (Wildman–Crippen LogP) is 2.59. The van der Waals surface area contributed by atoms with Crippen LogP contribution in [-0.2, 0) is 16.6 Å². The van der Waals surface area contributed by atoms with Crippen molar-refractivity contribution in [1.82, 2.24) is 10.0 Å². The van der Waals surface area contributed by atoms with Gasteiger partial charge in [-0.25, -0.2) is 13.1 Å². The van der Waals surface area contributed by atoms with Crippen molar-refractivity contribution in [2.24, 2.45) is 0 Å². The first-order chi connectivity index (χ1) is 9.68. The molecule has 1 aromatic heterocycles. The molecule has 1 rings (SSSR count). The van der Waals surface area contributed by atoms with E-state index in [0.29, 0.717) is 12.3 Å². The van der Waals surface area contributed by atoms with Crippen LogP contribution in [-0.4, -0.2) is 32.0 Å². The summed E-state index contributed by atoms with van der Waals surface area (Å²) in [7, 11) is -3.58. The topological polar surface area (TPSA) is 71.3 Å². The molecule has 2 N–H and O–H groups in total. The van der Waals surface area contributed by atoms with Crippen LogP contribution in [0.4, 0.5) is 0 Å². The Hall–Kier alpha value is -0.500. The Labute approximate surface area is 132 Å². The van der Waals surface area contributed by atoms with Gasteiger partial charge < -0.3 is 9.73 Å². The van der Waals surface area contributed by atoms with Gasteiger partial charge in [-0.05, 0) is 45.6 Å².